The number of nitrogens with zero attached hydrogens (tertiary/aromatic N) is 1. The number of alkyl carbamates (subject to hydrolysis) is 1. The molecule has 152 valence electrons. The van der Waals surface area contributed by atoms with Crippen molar-refractivity contribution in [2.45, 2.75) is 51.4 Å². The largest absolute Gasteiger partial charge is 0.481 e. The third-order valence-electron chi connectivity index (χ3n) is 3.99. The van der Waals surface area contributed by atoms with E-state index in [1.54, 1.807) is 45.0 Å². The molecule has 28 heavy (non-hydrogen) atoms. The topological polar surface area (TPSA) is 125 Å². The predicted molar refractivity (Wildman–Crippen MR) is 99.2 cm³/mol. The number of carbonyl (C=O) groups excluding carboxylic acids is 3. The average molecular weight is 391 g/mol. The van der Waals surface area contributed by atoms with Crippen molar-refractivity contribution in [3.05, 3.63) is 35.9 Å². The third-order valence-corrected chi connectivity index (χ3v) is 3.99. The van der Waals surface area contributed by atoms with E-state index in [9.17, 15) is 19.2 Å². The van der Waals surface area contributed by atoms with Crippen LogP contribution in [0.2, 0.25) is 0 Å². The number of carboxylic acids is 1. The number of carbonyl (C=O) groups is 4. The maximum atomic E-state index is 12.8. The minimum atomic E-state index is -1.19. The van der Waals surface area contributed by atoms with Gasteiger partial charge in [-0.2, -0.15) is 0 Å². The lowest BCUT2D eigenvalue weighted by atomic mass is 10.0. The molecule has 0 aliphatic carbocycles. The molecule has 1 fully saturated rings. The Labute approximate surface area is 163 Å². The first-order valence-electron chi connectivity index (χ1n) is 8.90. The number of ether oxygens (including phenoxy) is 1. The number of rotatable bonds is 6. The number of carboxylic acid groups (broad SMARTS) is 1. The monoisotopic (exact) mass is 391 g/mol. The van der Waals surface area contributed by atoms with Crippen LogP contribution in [-0.2, 0) is 25.7 Å². The van der Waals surface area contributed by atoms with E-state index in [4.69, 9.17) is 9.84 Å². The van der Waals surface area contributed by atoms with Gasteiger partial charge in [-0.25, -0.2) is 4.79 Å². The lowest BCUT2D eigenvalue weighted by Gasteiger charge is -2.38. The number of benzene rings is 1. The van der Waals surface area contributed by atoms with Gasteiger partial charge in [0.1, 0.15) is 17.7 Å². The molecule has 0 unspecified atom stereocenters. The SMILES string of the molecule is CC(C)(C)OC(=O)NC[C@H]1C(=O)N[C@@H](CC(=O)O)C(=O)N1Cc1ccccc1. The Hall–Kier alpha value is -3.10. The van der Waals surface area contributed by atoms with Crippen LogP contribution < -0.4 is 10.6 Å². The molecule has 0 aromatic heterocycles. The van der Waals surface area contributed by atoms with E-state index in [1.807, 2.05) is 6.07 Å². The first-order valence-corrected chi connectivity index (χ1v) is 8.90. The Bertz CT molecular complexity index is 744. The standard InChI is InChI=1S/C19H25N3O6/c1-19(2,3)28-18(27)20-10-14-16(25)21-13(9-15(23)24)17(26)22(14)11-12-7-5-4-6-8-12/h4-8,13-14H,9-11H2,1-3H3,(H,20,27)(H,21,25)(H,23,24)/t13-,14-/m0/s1. The summed E-state index contributed by atoms with van der Waals surface area (Å²) in [5, 5.41) is 13.9. The quantitative estimate of drug-likeness (QED) is 0.661. The van der Waals surface area contributed by atoms with E-state index in [2.05, 4.69) is 10.6 Å². The number of hydrogen-bond acceptors (Lipinski definition) is 5. The predicted octanol–water partition coefficient (Wildman–Crippen LogP) is 0.882. The summed E-state index contributed by atoms with van der Waals surface area (Å²) in [5.74, 6) is -2.23. The molecule has 0 spiro atoms. The first kappa shape index (κ1) is 21.2. The smallest absolute Gasteiger partial charge is 0.407 e. The minimum absolute atomic E-state index is 0.115. The molecule has 9 heteroatoms. The average Bonchev–Trinajstić information content (AvgIpc) is 2.57. The highest BCUT2D eigenvalue weighted by Crippen LogP contribution is 2.17. The maximum Gasteiger partial charge on any atom is 0.407 e. The number of hydrogen-bond donors (Lipinski definition) is 3. The molecule has 1 aliphatic rings. The van der Waals surface area contributed by atoms with E-state index >= 15 is 0 Å². The summed E-state index contributed by atoms with van der Waals surface area (Å²) < 4.78 is 5.16. The van der Waals surface area contributed by atoms with Crippen LogP contribution >= 0.6 is 0 Å². The molecule has 1 aliphatic heterocycles. The molecule has 0 radical (unpaired) electrons. The summed E-state index contributed by atoms with van der Waals surface area (Å²) in [5.41, 5.74) is 0.0762. The zero-order valence-electron chi connectivity index (χ0n) is 16.1. The van der Waals surface area contributed by atoms with Gasteiger partial charge in [0.25, 0.3) is 0 Å². The van der Waals surface area contributed by atoms with Crippen molar-refractivity contribution in [3.63, 3.8) is 0 Å². The van der Waals surface area contributed by atoms with Crippen LogP contribution in [0.4, 0.5) is 4.79 Å². The Morgan fingerprint density at radius 2 is 1.86 bits per heavy atom. The number of aliphatic carboxylic acids is 1. The van der Waals surface area contributed by atoms with E-state index in [-0.39, 0.29) is 13.1 Å². The molecule has 2 atom stereocenters. The molecular formula is C19H25N3O6. The van der Waals surface area contributed by atoms with Crippen molar-refractivity contribution in [2.24, 2.45) is 0 Å². The zero-order chi connectivity index (χ0) is 20.9. The molecule has 0 bridgehead atoms. The molecule has 1 heterocycles. The summed E-state index contributed by atoms with van der Waals surface area (Å²) in [6.07, 6.45) is -1.22. The molecule has 0 saturated carbocycles. The number of piperazine rings is 1. The molecule has 9 nitrogen and oxygen atoms in total. The minimum Gasteiger partial charge on any atom is -0.481 e. The van der Waals surface area contributed by atoms with Crippen LogP contribution in [0.25, 0.3) is 0 Å². The lowest BCUT2D eigenvalue weighted by molar-refractivity contribution is -0.152. The summed E-state index contributed by atoms with van der Waals surface area (Å²) >= 11 is 0. The van der Waals surface area contributed by atoms with E-state index in [0.717, 1.165) is 5.56 Å². The van der Waals surface area contributed by atoms with Crippen molar-refractivity contribution in [1.82, 2.24) is 15.5 Å². The van der Waals surface area contributed by atoms with E-state index < -0.39 is 48.0 Å². The Balaban J connectivity index is 2.17. The van der Waals surface area contributed by atoms with Crippen LogP contribution in [0.3, 0.4) is 0 Å². The number of amides is 3. The summed E-state index contributed by atoms with van der Waals surface area (Å²) in [6, 6.07) is 6.88. The molecular weight excluding hydrogens is 366 g/mol. The van der Waals surface area contributed by atoms with Gasteiger partial charge in [0.05, 0.1) is 13.0 Å². The number of nitrogens with one attached hydrogen (secondary N) is 2. The van der Waals surface area contributed by atoms with Gasteiger partial charge in [0.2, 0.25) is 11.8 Å². The van der Waals surface area contributed by atoms with Gasteiger partial charge in [-0.15, -0.1) is 0 Å². The summed E-state index contributed by atoms with van der Waals surface area (Å²) in [4.78, 5) is 49.6. The Kier molecular flexibility index (Phi) is 6.61. The maximum absolute atomic E-state index is 12.8. The van der Waals surface area contributed by atoms with Crippen LogP contribution in [0.5, 0.6) is 0 Å². The van der Waals surface area contributed by atoms with Gasteiger partial charge in [0, 0.05) is 6.54 Å². The van der Waals surface area contributed by atoms with Crippen molar-refractivity contribution >= 4 is 23.9 Å². The third kappa shape index (κ3) is 5.97. The molecule has 2 rings (SSSR count). The first-order chi connectivity index (χ1) is 13.1. The Morgan fingerprint density at radius 3 is 2.43 bits per heavy atom. The second kappa shape index (κ2) is 8.73. The van der Waals surface area contributed by atoms with Gasteiger partial charge in [-0.3, -0.25) is 14.4 Å². The van der Waals surface area contributed by atoms with Crippen LogP contribution in [-0.4, -0.2) is 58.1 Å². The zero-order valence-corrected chi connectivity index (χ0v) is 16.1. The van der Waals surface area contributed by atoms with Gasteiger partial charge < -0.3 is 25.4 Å². The van der Waals surface area contributed by atoms with Gasteiger partial charge in [0.15, 0.2) is 0 Å². The van der Waals surface area contributed by atoms with Crippen molar-refractivity contribution in [1.29, 1.82) is 0 Å². The molecule has 3 N–H and O–H groups in total. The lowest BCUT2D eigenvalue weighted by Crippen LogP contribution is -2.65. The van der Waals surface area contributed by atoms with Crippen molar-refractivity contribution in [2.75, 3.05) is 6.54 Å². The second-order valence-electron chi connectivity index (χ2n) is 7.51. The highest BCUT2D eigenvalue weighted by molar-refractivity contribution is 5.98. The van der Waals surface area contributed by atoms with E-state index in [1.165, 1.54) is 4.90 Å². The summed E-state index contributed by atoms with van der Waals surface area (Å²) in [6.45, 7) is 5.09. The second-order valence-corrected chi connectivity index (χ2v) is 7.51. The molecule has 3 amide bonds. The van der Waals surface area contributed by atoms with Crippen molar-refractivity contribution in [3.8, 4) is 0 Å². The molecule has 1 aromatic rings. The van der Waals surface area contributed by atoms with Gasteiger partial charge >= 0.3 is 12.1 Å². The fraction of sp³-hybridized carbons (Fsp3) is 0.474. The fourth-order valence-electron chi connectivity index (χ4n) is 2.80. The highest BCUT2D eigenvalue weighted by atomic mass is 16.6. The van der Waals surface area contributed by atoms with Gasteiger partial charge in [-0.05, 0) is 26.3 Å². The van der Waals surface area contributed by atoms with Crippen LogP contribution in [0.15, 0.2) is 30.3 Å². The highest BCUT2D eigenvalue weighted by Gasteiger charge is 2.41. The van der Waals surface area contributed by atoms with Gasteiger partial charge in [-0.1, -0.05) is 30.3 Å². The fourth-order valence-corrected chi connectivity index (χ4v) is 2.80. The van der Waals surface area contributed by atoms with Crippen LogP contribution in [0, 0.1) is 0 Å². The van der Waals surface area contributed by atoms with Crippen molar-refractivity contribution < 1.29 is 29.0 Å². The summed E-state index contributed by atoms with van der Waals surface area (Å²) in [7, 11) is 0. The van der Waals surface area contributed by atoms with E-state index in [0.29, 0.717) is 0 Å². The normalized spacial score (nSPS) is 19.8. The molecule has 1 aromatic carbocycles. The van der Waals surface area contributed by atoms with Crippen LogP contribution in [0.1, 0.15) is 32.8 Å². The molecule has 1 saturated heterocycles. The Morgan fingerprint density at radius 1 is 1.21 bits per heavy atom.